The second-order valence-electron chi connectivity index (χ2n) is 3.66. The fourth-order valence-corrected chi connectivity index (χ4v) is 2.01. The third kappa shape index (κ3) is 2.59. The number of nitrogens with two attached hydrogens (primary N) is 1. The summed E-state index contributed by atoms with van der Waals surface area (Å²) in [4.78, 5) is 0. The van der Waals surface area contributed by atoms with Gasteiger partial charge >= 0.3 is 6.18 Å². The fraction of sp³-hybridized carbons (Fsp3) is 0.167. The Morgan fingerprint density at radius 3 is 2.44 bits per heavy atom. The van der Waals surface area contributed by atoms with E-state index in [-0.39, 0.29) is 11.0 Å². The average molecular weight is 320 g/mol. The van der Waals surface area contributed by atoms with Crippen LogP contribution in [0.3, 0.4) is 0 Å². The van der Waals surface area contributed by atoms with Gasteiger partial charge in [-0.3, -0.25) is 0 Å². The third-order valence-electron chi connectivity index (χ3n) is 2.42. The summed E-state index contributed by atoms with van der Waals surface area (Å²) in [6.45, 7) is 0.211. The molecule has 0 aliphatic rings. The largest absolute Gasteiger partial charge is 0.460 e. The minimum Gasteiger partial charge on any atom is -0.460 e. The van der Waals surface area contributed by atoms with Crippen molar-refractivity contribution < 1.29 is 17.6 Å². The van der Waals surface area contributed by atoms with Gasteiger partial charge < -0.3 is 10.2 Å². The van der Waals surface area contributed by atoms with Crippen LogP contribution in [-0.4, -0.2) is 0 Å². The predicted octanol–water partition coefficient (Wildman–Crippen LogP) is 4.19. The van der Waals surface area contributed by atoms with Crippen molar-refractivity contribution in [2.24, 2.45) is 5.73 Å². The van der Waals surface area contributed by atoms with Crippen LogP contribution in [-0.2, 0) is 12.7 Å². The van der Waals surface area contributed by atoms with Crippen LogP contribution in [0.15, 0.2) is 39.2 Å². The van der Waals surface area contributed by atoms with Crippen molar-refractivity contribution in [2.45, 2.75) is 12.7 Å². The Hall–Kier alpha value is -1.27. The van der Waals surface area contributed by atoms with E-state index < -0.39 is 11.7 Å². The summed E-state index contributed by atoms with van der Waals surface area (Å²) in [5.74, 6) is 0.898. The van der Waals surface area contributed by atoms with Gasteiger partial charge in [0.2, 0.25) is 0 Å². The molecular weight excluding hydrogens is 311 g/mol. The fourth-order valence-electron chi connectivity index (χ4n) is 1.54. The van der Waals surface area contributed by atoms with Crippen molar-refractivity contribution in [3.63, 3.8) is 0 Å². The highest BCUT2D eigenvalue weighted by Crippen LogP contribution is 2.37. The molecule has 2 nitrogen and oxygen atoms in total. The second kappa shape index (κ2) is 4.78. The van der Waals surface area contributed by atoms with Gasteiger partial charge in [0.25, 0.3) is 0 Å². The lowest BCUT2D eigenvalue weighted by Gasteiger charge is -2.10. The summed E-state index contributed by atoms with van der Waals surface area (Å²) in [5, 5.41) is 0. The second-order valence-corrected chi connectivity index (χ2v) is 4.52. The number of furan rings is 1. The van der Waals surface area contributed by atoms with Crippen molar-refractivity contribution in [1.29, 1.82) is 0 Å². The molecule has 96 valence electrons. The Kier molecular flexibility index (Phi) is 3.49. The van der Waals surface area contributed by atoms with E-state index in [0.29, 0.717) is 17.1 Å². The maximum absolute atomic E-state index is 12.7. The van der Waals surface area contributed by atoms with Crippen molar-refractivity contribution in [3.05, 3.63) is 46.1 Å². The summed E-state index contributed by atoms with van der Waals surface area (Å²) >= 11 is 2.89. The highest BCUT2D eigenvalue weighted by atomic mass is 79.9. The third-order valence-corrected chi connectivity index (χ3v) is 3.11. The van der Waals surface area contributed by atoms with Crippen LogP contribution in [0.1, 0.15) is 11.3 Å². The lowest BCUT2D eigenvalue weighted by Crippen LogP contribution is -2.06. The van der Waals surface area contributed by atoms with E-state index in [0.717, 1.165) is 6.07 Å². The van der Waals surface area contributed by atoms with Crippen molar-refractivity contribution in [3.8, 4) is 11.3 Å². The molecule has 0 fully saturated rings. The van der Waals surface area contributed by atoms with E-state index in [1.807, 2.05) is 0 Å². The molecule has 0 amide bonds. The van der Waals surface area contributed by atoms with E-state index >= 15 is 0 Å². The van der Waals surface area contributed by atoms with Crippen molar-refractivity contribution in [1.82, 2.24) is 0 Å². The van der Waals surface area contributed by atoms with Crippen LogP contribution in [0.25, 0.3) is 11.3 Å². The number of hydrogen-bond donors (Lipinski definition) is 1. The minimum atomic E-state index is -4.40. The van der Waals surface area contributed by atoms with E-state index in [4.69, 9.17) is 10.2 Å². The quantitative estimate of drug-likeness (QED) is 0.901. The first-order valence-electron chi connectivity index (χ1n) is 5.07. The number of halogens is 4. The van der Waals surface area contributed by atoms with Crippen molar-refractivity contribution >= 4 is 15.9 Å². The lowest BCUT2D eigenvalue weighted by atomic mass is 10.1. The number of benzene rings is 1. The van der Waals surface area contributed by atoms with Crippen molar-refractivity contribution in [2.75, 3.05) is 0 Å². The van der Waals surface area contributed by atoms with Gasteiger partial charge in [0.05, 0.1) is 12.1 Å². The summed E-state index contributed by atoms with van der Waals surface area (Å²) in [5.41, 5.74) is 5.02. The molecule has 2 rings (SSSR count). The molecule has 0 spiro atoms. The van der Waals surface area contributed by atoms with Gasteiger partial charge in [-0.1, -0.05) is 22.0 Å². The molecule has 0 atom stereocenters. The molecule has 2 N–H and O–H groups in total. The van der Waals surface area contributed by atoms with Gasteiger partial charge in [0, 0.05) is 10.0 Å². The molecule has 1 aromatic heterocycles. The average Bonchev–Trinajstić information content (AvgIpc) is 2.76. The molecule has 1 aromatic carbocycles. The molecule has 6 heteroatoms. The Morgan fingerprint density at radius 2 is 1.89 bits per heavy atom. The summed E-state index contributed by atoms with van der Waals surface area (Å²) in [7, 11) is 0. The van der Waals surface area contributed by atoms with Gasteiger partial charge in [-0.15, -0.1) is 0 Å². The van der Waals surface area contributed by atoms with E-state index in [1.165, 1.54) is 6.07 Å². The Morgan fingerprint density at radius 1 is 1.17 bits per heavy atom. The van der Waals surface area contributed by atoms with Gasteiger partial charge in [-0.05, 0) is 24.3 Å². The lowest BCUT2D eigenvalue weighted by molar-refractivity contribution is -0.138. The van der Waals surface area contributed by atoms with Gasteiger partial charge in [0.15, 0.2) is 0 Å². The van der Waals surface area contributed by atoms with Crippen LogP contribution >= 0.6 is 15.9 Å². The molecule has 0 aliphatic carbocycles. The SMILES string of the molecule is NCc1ccc(-c2ccc(Br)c(C(F)(F)F)c2)o1. The van der Waals surface area contributed by atoms with Gasteiger partial charge in [0.1, 0.15) is 11.5 Å². The molecule has 0 bridgehead atoms. The van der Waals surface area contributed by atoms with Crippen LogP contribution in [0, 0.1) is 0 Å². The number of hydrogen-bond acceptors (Lipinski definition) is 2. The number of rotatable bonds is 2. The summed E-state index contributed by atoms with van der Waals surface area (Å²) < 4.78 is 43.5. The zero-order chi connectivity index (χ0) is 13.3. The first-order valence-corrected chi connectivity index (χ1v) is 5.87. The van der Waals surface area contributed by atoms with Gasteiger partial charge in [-0.25, -0.2) is 0 Å². The predicted molar refractivity (Wildman–Crippen MR) is 64.7 cm³/mol. The topological polar surface area (TPSA) is 39.2 Å². The Labute approximate surface area is 110 Å². The zero-order valence-corrected chi connectivity index (χ0v) is 10.7. The first-order chi connectivity index (χ1) is 8.41. The van der Waals surface area contributed by atoms with Crippen LogP contribution in [0.2, 0.25) is 0 Å². The maximum atomic E-state index is 12.7. The Balaban J connectivity index is 2.47. The molecule has 0 aliphatic heterocycles. The van der Waals surface area contributed by atoms with Crippen LogP contribution in [0.5, 0.6) is 0 Å². The standard InChI is InChI=1S/C12H9BrF3NO/c13-10-3-1-7(5-9(10)12(14,15)16)11-4-2-8(6-17)18-11/h1-5H,6,17H2. The highest BCUT2D eigenvalue weighted by molar-refractivity contribution is 9.10. The molecule has 0 radical (unpaired) electrons. The molecule has 1 heterocycles. The monoisotopic (exact) mass is 319 g/mol. The first kappa shape index (κ1) is 13.2. The molecule has 0 saturated heterocycles. The normalized spacial score (nSPS) is 11.8. The molecule has 0 unspecified atom stereocenters. The minimum absolute atomic E-state index is 0.00403. The van der Waals surface area contributed by atoms with Crippen LogP contribution < -0.4 is 5.73 Å². The molecule has 18 heavy (non-hydrogen) atoms. The molecule has 2 aromatic rings. The van der Waals surface area contributed by atoms with E-state index in [2.05, 4.69) is 15.9 Å². The van der Waals surface area contributed by atoms with E-state index in [9.17, 15) is 13.2 Å². The maximum Gasteiger partial charge on any atom is 0.417 e. The van der Waals surface area contributed by atoms with E-state index in [1.54, 1.807) is 18.2 Å². The zero-order valence-electron chi connectivity index (χ0n) is 9.09. The summed E-state index contributed by atoms with van der Waals surface area (Å²) in [6.07, 6.45) is -4.40. The molecule has 0 saturated carbocycles. The Bertz CT molecular complexity index is 563. The van der Waals surface area contributed by atoms with Crippen LogP contribution in [0.4, 0.5) is 13.2 Å². The summed E-state index contributed by atoms with van der Waals surface area (Å²) in [6, 6.07) is 7.20. The smallest absolute Gasteiger partial charge is 0.417 e. The number of alkyl halides is 3. The van der Waals surface area contributed by atoms with Gasteiger partial charge in [-0.2, -0.15) is 13.2 Å². The molecular formula is C12H9BrF3NO. The highest BCUT2D eigenvalue weighted by Gasteiger charge is 2.33.